The van der Waals surface area contributed by atoms with Gasteiger partial charge >= 0.3 is 0 Å². The Hall–Kier alpha value is -2.79. The van der Waals surface area contributed by atoms with Crippen molar-refractivity contribution in [2.75, 3.05) is 19.3 Å². The average molecular weight is 495 g/mol. The van der Waals surface area contributed by atoms with E-state index in [1.807, 2.05) is 18.7 Å². The van der Waals surface area contributed by atoms with Crippen LogP contribution >= 0.6 is 0 Å². The monoisotopic (exact) mass is 494 g/mol. The number of hydrogen-bond acceptors (Lipinski definition) is 8. The Kier molecular flexibility index (Phi) is 8.09. The van der Waals surface area contributed by atoms with Crippen LogP contribution in [0.25, 0.3) is 0 Å². The molecule has 1 aliphatic heterocycles. The highest BCUT2D eigenvalue weighted by molar-refractivity contribution is 7.90. The summed E-state index contributed by atoms with van der Waals surface area (Å²) < 4.78 is 49.2. The molecule has 1 fully saturated rings. The van der Waals surface area contributed by atoms with Gasteiger partial charge in [-0.15, -0.1) is 0 Å². The van der Waals surface area contributed by atoms with Gasteiger partial charge in [0.25, 0.3) is 0 Å². The Balaban J connectivity index is 1.62. The van der Waals surface area contributed by atoms with Gasteiger partial charge in [-0.25, -0.2) is 22.8 Å². The van der Waals surface area contributed by atoms with Crippen LogP contribution < -0.4 is 15.2 Å². The first-order chi connectivity index (χ1) is 16.0. The van der Waals surface area contributed by atoms with Crippen molar-refractivity contribution in [2.24, 2.45) is 11.7 Å². The minimum absolute atomic E-state index is 0.0532. The summed E-state index contributed by atoms with van der Waals surface area (Å²) in [6.07, 6.45) is 3.73. The molecule has 1 aromatic heterocycles. The highest BCUT2D eigenvalue weighted by Gasteiger charge is 2.26. The van der Waals surface area contributed by atoms with Crippen LogP contribution in [-0.2, 0) is 14.6 Å². The molecule has 0 spiro atoms. The number of rotatable bonds is 8. The fraction of sp³-hybridized carbons (Fsp3) is 0.522. The molecule has 11 heteroatoms. The van der Waals surface area contributed by atoms with E-state index in [4.69, 9.17) is 15.2 Å². The molecule has 186 valence electrons. The van der Waals surface area contributed by atoms with Gasteiger partial charge < -0.3 is 20.1 Å². The Morgan fingerprint density at radius 2 is 1.88 bits per heavy atom. The van der Waals surface area contributed by atoms with Crippen LogP contribution in [0.15, 0.2) is 29.4 Å². The van der Waals surface area contributed by atoms with Crippen LogP contribution in [0.1, 0.15) is 38.7 Å². The van der Waals surface area contributed by atoms with Gasteiger partial charge in [0.1, 0.15) is 12.4 Å². The van der Waals surface area contributed by atoms with Gasteiger partial charge in [-0.05, 0) is 31.0 Å². The fourth-order valence-corrected chi connectivity index (χ4v) is 4.12. The molecule has 1 aromatic carbocycles. The number of nitrogens with zero attached hydrogens (tertiary/aromatic N) is 3. The van der Waals surface area contributed by atoms with Crippen molar-refractivity contribution < 1.29 is 27.1 Å². The number of likely N-dealkylation sites (tertiary alicyclic amines) is 1. The highest BCUT2D eigenvalue weighted by atomic mass is 32.2. The molecule has 0 aliphatic carbocycles. The molecule has 0 radical (unpaired) electrons. The number of benzene rings is 1. The molecule has 2 N–H and O–H groups in total. The Morgan fingerprint density at radius 3 is 2.47 bits per heavy atom. The number of carbonyl (C=O) groups excluding carboxylic acids is 1. The lowest BCUT2D eigenvalue weighted by Crippen LogP contribution is -2.44. The number of sulfone groups is 1. The van der Waals surface area contributed by atoms with Crippen molar-refractivity contribution in [1.29, 1.82) is 0 Å². The molecule has 1 saturated heterocycles. The normalized spacial score (nSPS) is 15.9. The van der Waals surface area contributed by atoms with Crippen molar-refractivity contribution in [2.45, 2.75) is 57.1 Å². The molecule has 1 amide bonds. The van der Waals surface area contributed by atoms with Gasteiger partial charge in [0.2, 0.25) is 17.7 Å². The van der Waals surface area contributed by atoms with Crippen LogP contribution in [0.2, 0.25) is 0 Å². The maximum atomic E-state index is 14.4. The molecule has 1 atom stereocenters. The standard InChI is InChI=1S/C23H31FN4O5S/c1-14(2)19(25)12-21(29)28-9-7-16(8-10-28)32-22-15(3)23(27-13-26-22)33-20-6-5-17(11-18(20)24)34(4,30)31/h5-6,11,13-14,16,19H,7-10,12,25H2,1-4H3. The van der Waals surface area contributed by atoms with E-state index >= 15 is 0 Å². The second-order valence-electron chi connectivity index (χ2n) is 8.89. The summed E-state index contributed by atoms with van der Waals surface area (Å²) in [5.41, 5.74) is 6.51. The summed E-state index contributed by atoms with van der Waals surface area (Å²) >= 11 is 0. The zero-order valence-electron chi connectivity index (χ0n) is 19.8. The van der Waals surface area contributed by atoms with Gasteiger partial charge in [0.15, 0.2) is 21.4 Å². The lowest BCUT2D eigenvalue weighted by Gasteiger charge is -2.33. The lowest BCUT2D eigenvalue weighted by molar-refractivity contribution is -0.133. The van der Waals surface area contributed by atoms with Gasteiger partial charge in [-0.2, -0.15) is 0 Å². The third kappa shape index (κ3) is 6.41. The Labute approximate surface area is 199 Å². The Morgan fingerprint density at radius 1 is 1.24 bits per heavy atom. The average Bonchev–Trinajstić information content (AvgIpc) is 2.77. The van der Waals surface area contributed by atoms with E-state index in [2.05, 4.69) is 9.97 Å². The van der Waals surface area contributed by atoms with Gasteiger partial charge in [0.05, 0.1) is 10.5 Å². The van der Waals surface area contributed by atoms with E-state index in [1.54, 1.807) is 6.92 Å². The highest BCUT2D eigenvalue weighted by Crippen LogP contribution is 2.31. The second-order valence-corrected chi connectivity index (χ2v) is 10.9. The maximum Gasteiger partial charge on any atom is 0.229 e. The van der Waals surface area contributed by atoms with Crippen LogP contribution in [-0.4, -0.2) is 60.7 Å². The molecule has 3 rings (SSSR count). The van der Waals surface area contributed by atoms with Crippen molar-refractivity contribution in [3.63, 3.8) is 0 Å². The first-order valence-corrected chi connectivity index (χ1v) is 13.0. The minimum Gasteiger partial charge on any atom is -0.474 e. The molecule has 1 unspecified atom stereocenters. The van der Waals surface area contributed by atoms with Crippen LogP contribution in [0.4, 0.5) is 4.39 Å². The van der Waals surface area contributed by atoms with Crippen LogP contribution in [0.3, 0.4) is 0 Å². The predicted molar refractivity (Wildman–Crippen MR) is 124 cm³/mol. The third-order valence-corrected chi connectivity index (χ3v) is 6.98. The van der Waals surface area contributed by atoms with Crippen LogP contribution in [0, 0.1) is 18.7 Å². The van der Waals surface area contributed by atoms with Crippen molar-refractivity contribution in [3.8, 4) is 17.5 Å². The van der Waals surface area contributed by atoms with Gasteiger partial charge in [-0.3, -0.25) is 4.79 Å². The summed E-state index contributed by atoms with van der Waals surface area (Å²) in [7, 11) is -3.54. The van der Waals surface area contributed by atoms with Gasteiger partial charge in [-0.1, -0.05) is 13.8 Å². The van der Waals surface area contributed by atoms with Gasteiger partial charge in [0, 0.05) is 44.6 Å². The molecule has 2 heterocycles. The zero-order valence-corrected chi connectivity index (χ0v) is 20.6. The third-order valence-electron chi connectivity index (χ3n) is 5.87. The van der Waals surface area contributed by atoms with E-state index in [1.165, 1.54) is 18.5 Å². The fourth-order valence-electron chi connectivity index (χ4n) is 3.49. The summed E-state index contributed by atoms with van der Waals surface area (Å²) in [4.78, 5) is 22.4. The molecule has 0 bridgehead atoms. The topological polar surface area (TPSA) is 125 Å². The lowest BCUT2D eigenvalue weighted by atomic mass is 10.0. The maximum absolute atomic E-state index is 14.4. The number of nitrogens with two attached hydrogens (primary N) is 1. The van der Waals surface area contributed by atoms with Crippen molar-refractivity contribution >= 4 is 15.7 Å². The molecule has 34 heavy (non-hydrogen) atoms. The summed E-state index contributed by atoms with van der Waals surface area (Å²) in [5, 5.41) is 0. The zero-order chi connectivity index (χ0) is 25.0. The quantitative estimate of drug-likeness (QED) is 0.594. The summed E-state index contributed by atoms with van der Waals surface area (Å²) in [6, 6.07) is 3.26. The number of aromatic nitrogens is 2. The first kappa shape index (κ1) is 25.8. The van der Waals surface area contributed by atoms with Crippen molar-refractivity contribution in [3.05, 3.63) is 35.9 Å². The van der Waals surface area contributed by atoms with E-state index in [9.17, 15) is 17.6 Å². The number of carbonyl (C=O) groups is 1. The SMILES string of the molecule is Cc1c(Oc2ccc(S(C)(=O)=O)cc2F)ncnc1OC1CCN(C(=O)CC(N)C(C)C)CC1. The Bertz CT molecular complexity index is 1130. The molecule has 0 saturated carbocycles. The number of ether oxygens (including phenoxy) is 2. The number of hydrogen-bond donors (Lipinski definition) is 1. The molecular weight excluding hydrogens is 463 g/mol. The molecule has 2 aromatic rings. The first-order valence-electron chi connectivity index (χ1n) is 11.1. The molecular formula is C23H31FN4O5S. The number of halogens is 1. The number of piperidine rings is 1. The second kappa shape index (κ2) is 10.6. The van der Waals surface area contributed by atoms with E-state index in [0.717, 1.165) is 12.3 Å². The van der Waals surface area contributed by atoms with E-state index in [-0.39, 0.29) is 40.5 Å². The largest absolute Gasteiger partial charge is 0.474 e. The van der Waals surface area contributed by atoms with Crippen molar-refractivity contribution in [1.82, 2.24) is 14.9 Å². The number of amides is 1. The van der Waals surface area contributed by atoms with E-state index < -0.39 is 15.7 Å². The summed E-state index contributed by atoms with van der Waals surface area (Å²) in [5.74, 6) is -0.272. The summed E-state index contributed by atoms with van der Waals surface area (Å²) in [6.45, 7) is 6.83. The van der Waals surface area contributed by atoms with Crippen LogP contribution in [0.5, 0.6) is 17.5 Å². The van der Waals surface area contributed by atoms with E-state index in [0.29, 0.717) is 43.8 Å². The molecule has 1 aliphatic rings. The molecule has 9 nitrogen and oxygen atoms in total. The predicted octanol–water partition coefficient (Wildman–Crippen LogP) is 2.86. The minimum atomic E-state index is -3.54. The smallest absolute Gasteiger partial charge is 0.229 e.